The van der Waals surface area contributed by atoms with Crippen molar-refractivity contribution in [1.82, 2.24) is 15.2 Å². The van der Waals surface area contributed by atoms with E-state index in [1.165, 1.54) is 0 Å². The highest BCUT2D eigenvalue weighted by molar-refractivity contribution is 5.76. The quantitative estimate of drug-likeness (QED) is 0.908. The monoisotopic (exact) mass is 325 g/mol. The molecule has 2 amide bonds. The highest BCUT2D eigenvalue weighted by Crippen LogP contribution is 2.23. The van der Waals surface area contributed by atoms with E-state index < -0.39 is 0 Å². The van der Waals surface area contributed by atoms with E-state index in [0.29, 0.717) is 6.54 Å². The molecule has 1 aliphatic heterocycles. The van der Waals surface area contributed by atoms with E-state index >= 15 is 0 Å². The van der Waals surface area contributed by atoms with Gasteiger partial charge in [0.2, 0.25) is 0 Å². The molecule has 1 aromatic heterocycles. The van der Waals surface area contributed by atoms with Crippen LogP contribution in [0.4, 0.5) is 4.79 Å². The molecule has 5 heteroatoms. The molecular weight excluding hydrogens is 302 g/mol. The fourth-order valence-corrected chi connectivity index (χ4v) is 3.22. The Morgan fingerprint density at radius 2 is 2.25 bits per heavy atom. The summed E-state index contributed by atoms with van der Waals surface area (Å²) in [6.45, 7) is 2.72. The largest absolute Gasteiger partial charge is 0.394 e. The molecule has 2 aromatic rings. The van der Waals surface area contributed by atoms with Crippen molar-refractivity contribution in [2.45, 2.75) is 31.8 Å². The summed E-state index contributed by atoms with van der Waals surface area (Å²) in [5.41, 5.74) is 2.94. The van der Waals surface area contributed by atoms with Crippen LogP contribution >= 0.6 is 0 Å². The van der Waals surface area contributed by atoms with Crippen molar-refractivity contribution in [3.05, 3.63) is 65.5 Å². The topological polar surface area (TPSA) is 65.5 Å². The lowest BCUT2D eigenvalue weighted by Crippen LogP contribution is -2.45. The summed E-state index contributed by atoms with van der Waals surface area (Å²) in [7, 11) is 0. The molecule has 2 heterocycles. The lowest BCUT2D eigenvalue weighted by molar-refractivity contribution is 0.155. The molecule has 2 N–H and O–H groups in total. The van der Waals surface area contributed by atoms with Gasteiger partial charge in [-0.2, -0.15) is 0 Å². The van der Waals surface area contributed by atoms with Crippen molar-refractivity contribution in [3.8, 4) is 0 Å². The Hall–Kier alpha value is -2.40. The minimum absolute atomic E-state index is 0.00607. The fourth-order valence-electron chi connectivity index (χ4n) is 3.22. The van der Waals surface area contributed by atoms with Crippen LogP contribution in [0.15, 0.2) is 48.7 Å². The SMILES string of the molecule is Cc1cccc(C(NC(=O)N2CCCC2CO)c2ccccn2)c1. The van der Waals surface area contributed by atoms with Crippen LogP contribution in [0, 0.1) is 6.92 Å². The van der Waals surface area contributed by atoms with E-state index in [0.717, 1.165) is 29.7 Å². The summed E-state index contributed by atoms with van der Waals surface area (Å²) in [5, 5.41) is 12.6. The third-order valence-electron chi connectivity index (χ3n) is 4.48. The number of hydrogen-bond donors (Lipinski definition) is 2. The number of aliphatic hydroxyl groups excluding tert-OH is 1. The molecule has 1 aromatic carbocycles. The smallest absolute Gasteiger partial charge is 0.318 e. The van der Waals surface area contributed by atoms with Crippen molar-refractivity contribution in [3.63, 3.8) is 0 Å². The van der Waals surface area contributed by atoms with E-state index in [4.69, 9.17) is 0 Å². The molecule has 0 bridgehead atoms. The van der Waals surface area contributed by atoms with Crippen molar-refractivity contribution in [2.75, 3.05) is 13.2 Å². The number of nitrogens with zero attached hydrogens (tertiary/aromatic N) is 2. The number of urea groups is 1. The molecule has 1 fully saturated rings. The minimum Gasteiger partial charge on any atom is -0.394 e. The molecule has 24 heavy (non-hydrogen) atoms. The third kappa shape index (κ3) is 3.57. The first-order valence-electron chi connectivity index (χ1n) is 8.34. The number of aryl methyl sites for hydroxylation is 1. The second-order valence-electron chi connectivity index (χ2n) is 6.22. The number of hydrogen-bond acceptors (Lipinski definition) is 3. The molecule has 0 saturated carbocycles. The summed E-state index contributed by atoms with van der Waals surface area (Å²) >= 11 is 0. The zero-order chi connectivity index (χ0) is 16.9. The zero-order valence-corrected chi connectivity index (χ0v) is 13.9. The van der Waals surface area contributed by atoms with Crippen molar-refractivity contribution >= 4 is 6.03 Å². The summed E-state index contributed by atoms with van der Waals surface area (Å²) in [5.74, 6) is 0. The van der Waals surface area contributed by atoms with Gasteiger partial charge in [-0.25, -0.2) is 4.79 Å². The summed E-state index contributed by atoms with van der Waals surface area (Å²) in [4.78, 5) is 18.9. The normalized spacial score (nSPS) is 18.4. The number of carbonyl (C=O) groups is 1. The van der Waals surface area contributed by atoms with Crippen LogP contribution in [0.2, 0.25) is 0 Å². The number of benzene rings is 1. The molecule has 1 saturated heterocycles. The predicted molar refractivity (Wildman–Crippen MR) is 92.6 cm³/mol. The van der Waals surface area contributed by atoms with Gasteiger partial charge < -0.3 is 15.3 Å². The van der Waals surface area contributed by atoms with Gasteiger partial charge in [-0.15, -0.1) is 0 Å². The van der Waals surface area contributed by atoms with E-state index in [2.05, 4.69) is 16.4 Å². The maximum absolute atomic E-state index is 12.7. The van der Waals surface area contributed by atoms with Crippen LogP contribution in [0.5, 0.6) is 0 Å². The number of pyridine rings is 1. The molecule has 2 unspecified atom stereocenters. The average Bonchev–Trinajstić information content (AvgIpc) is 3.09. The molecule has 0 radical (unpaired) electrons. The Balaban J connectivity index is 1.87. The summed E-state index contributed by atoms with van der Waals surface area (Å²) in [6, 6.07) is 13.2. The molecule has 3 rings (SSSR count). The molecule has 0 aliphatic carbocycles. The lowest BCUT2D eigenvalue weighted by atomic mass is 10.0. The number of carbonyl (C=O) groups excluding carboxylic acids is 1. The maximum atomic E-state index is 12.7. The van der Waals surface area contributed by atoms with E-state index in [-0.39, 0.29) is 24.7 Å². The first-order chi connectivity index (χ1) is 11.7. The molecule has 126 valence electrons. The Bertz CT molecular complexity index is 690. The van der Waals surface area contributed by atoms with Crippen LogP contribution < -0.4 is 5.32 Å². The van der Waals surface area contributed by atoms with Crippen molar-refractivity contribution in [2.24, 2.45) is 0 Å². The number of amides is 2. The lowest BCUT2D eigenvalue weighted by Gasteiger charge is -2.27. The van der Waals surface area contributed by atoms with Crippen LogP contribution in [-0.4, -0.2) is 40.2 Å². The Kier molecular flexibility index (Phi) is 5.11. The molecule has 5 nitrogen and oxygen atoms in total. The van der Waals surface area contributed by atoms with E-state index in [1.807, 2.05) is 43.3 Å². The Labute approximate surface area is 142 Å². The maximum Gasteiger partial charge on any atom is 0.318 e. The van der Waals surface area contributed by atoms with Gasteiger partial charge in [0.15, 0.2) is 0 Å². The molecule has 1 aliphatic rings. The van der Waals surface area contributed by atoms with Gasteiger partial charge in [-0.3, -0.25) is 4.98 Å². The number of aromatic nitrogens is 1. The average molecular weight is 325 g/mol. The summed E-state index contributed by atoms with van der Waals surface area (Å²) < 4.78 is 0. The van der Waals surface area contributed by atoms with Crippen molar-refractivity contribution in [1.29, 1.82) is 0 Å². The van der Waals surface area contributed by atoms with Crippen LogP contribution in [0.1, 0.15) is 35.7 Å². The minimum atomic E-state index is -0.307. The molecular formula is C19H23N3O2. The zero-order valence-electron chi connectivity index (χ0n) is 13.9. The van der Waals surface area contributed by atoms with E-state index in [1.54, 1.807) is 11.1 Å². The molecule has 0 spiro atoms. The van der Waals surface area contributed by atoms with Gasteiger partial charge in [0, 0.05) is 12.7 Å². The second-order valence-corrected chi connectivity index (χ2v) is 6.22. The Morgan fingerprint density at radius 3 is 2.96 bits per heavy atom. The van der Waals surface area contributed by atoms with Gasteiger partial charge in [-0.05, 0) is 37.5 Å². The third-order valence-corrected chi connectivity index (χ3v) is 4.48. The Morgan fingerprint density at radius 1 is 1.38 bits per heavy atom. The number of aliphatic hydroxyl groups is 1. The highest BCUT2D eigenvalue weighted by atomic mass is 16.3. The number of nitrogens with one attached hydrogen (secondary N) is 1. The van der Waals surface area contributed by atoms with Crippen LogP contribution in [0.3, 0.4) is 0 Å². The first-order valence-corrected chi connectivity index (χ1v) is 8.34. The van der Waals surface area contributed by atoms with Gasteiger partial charge in [0.1, 0.15) is 0 Å². The molecule has 2 atom stereocenters. The number of likely N-dealkylation sites (tertiary alicyclic amines) is 1. The predicted octanol–water partition coefficient (Wildman–Crippen LogP) is 2.65. The fraction of sp³-hybridized carbons (Fsp3) is 0.368. The van der Waals surface area contributed by atoms with Crippen molar-refractivity contribution < 1.29 is 9.90 Å². The second kappa shape index (κ2) is 7.45. The van der Waals surface area contributed by atoms with Crippen LogP contribution in [0.25, 0.3) is 0 Å². The number of rotatable bonds is 4. The van der Waals surface area contributed by atoms with Gasteiger partial charge in [-0.1, -0.05) is 35.9 Å². The summed E-state index contributed by atoms with van der Waals surface area (Å²) in [6.07, 6.45) is 3.51. The van der Waals surface area contributed by atoms with Gasteiger partial charge >= 0.3 is 6.03 Å². The highest BCUT2D eigenvalue weighted by Gasteiger charge is 2.30. The van der Waals surface area contributed by atoms with E-state index in [9.17, 15) is 9.90 Å². The first kappa shape index (κ1) is 16.5. The van der Waals surface area contributed by atoms with Gasteiger partial charge in [0.25, 0.3) is 0 Å². The van der Waals surface area contributed by atoms with Gasteiger partial charge in [0.05, 0.1) is 24.4 Å². The standard InChI is InChI=1S/C19H23N3O2/c1-14-6-4-7-15(12-14)18(17-9-2-3-10-20-17)21-19(24)22-11-5-8-16(22)13-23/h2-4,6-7,9-10,12,16,18,23H,5,8,11,13H2,1H3,(H,21,24). The van der Waals surface area contributed by atoms with Crippen LogP contribution in [-0.2, 0) is 0 Å².